The molecule has 0 aromatic carbocycles. The summed E-state index contributed by atoms with van der Waals surface area (Å²) in [5.74, 6) is -1.25. The lowest BCUT2D eigenvalue weighted by molar-refractivity contribution is -0.119. The lowest BCUT2D eigenvalue weighted by atomic mass is 9.84. The van der Waals surface area contributed by atoms with Gasteiger partial charge in [0.1, 0.15) is 5.92 Å². The number of aryl methyl sites for hydroxylation is 1. The van der Waals surface area contributed by atoms with Gasteiger partial charge in [-0.05, 0) is 18.4 Å². The molecule has 1 aliphatic heterocycles. The lowest BCUT2D eigenvalue weighted by Gasteiger charge is -2.25. The minimum Gasteiger partial charge on any atom is -0.322 e. The first-order valence-electron chi connectivity index (χ1n) is 5.51. The first-order chi connectivity index (χ1) is 8.72. The number of hydrogen-bond acceptors (Lipinski definition) is 4. The van der Waals surface area contributed by atoms with Crippen molar-refractivity contribution in [2.45, 2.75) is 12.8 Å². The number of nitrogens with one attached hydrogen (secondary N) is 2. The fraction of sp³-hybridized carbons (Fsp3) is 0.250. The molecule has 2 N–H and O–H groups in total. The SMILES string of the molecule is Cc1[nH]nc2c1NC(=O)[C@H](C#N)[C@H]2c1cccs1. The number of H-pyrrole nitrogens is 1. The van der Waals surface area contributed by atoms with Crippen molar-refractivity contribution < 1.29 is 4.79 Å². The molecule has 6 heteroatoms. The van der Waals surface area contributed by atoms with E-state index in [2.05, 4.69) is 21.6 Å². The Kier molecular flexibility index (Phi) is 2.42. The number of amides is 1. The maximum atomic E-state index is 12.0. The van der Waals surface area contributed by atoms with Crippen LogP contribution in [0.1, 0.15) is 22.2 Å². The van der Waals surface area contributed by atoms with Gasteiger partial charge >= 0.3 is 0 Å². The zero-order valence-electron chi connectivity index (χ0n) is 9.60. The van der Waals surface area contributed by atoms with Crippen LogP contribution in [-0.4, -0.2) is 16.1 Å². The van der Waals surface area contributed by atoms with E-state index in [4.69, 9.17) is 0 Å². The number of anilines is 1. The molecule has 0 aliphatic carbocycles. The number of carbonyl (C=O) groups excluding carboxylic acids is 1. The number of aromatic nitrogens is 2. The molecule has 1 amide bonds. The van der Waals surface area contributed by atoms with Crippen molar-refractivity contribution in [3.05, 3.63) is 33.8 Å². The standard InChI is InChI=1S/C12H10N4OS/c1-6-10-11(16-15-6)9(8-3-2-4-18-8)7(5-13)12(17)14-10/h2-4,7,9H,1H3,(H,14,17)(H,15,16)/t7-,9+/m1/s1. The third kappa shape index (κ3) is 1.45. The summed E-state index contributed by atoms with van der Waals surface area (Å²) in [7, 11) is 0. The van der Waals surface area contributed by atoms with E-state index in [1.54, 1.807) is 0 Å². The van der Waals surface area contributed by atoms with E-state index in [0.717, 1.165) is 16.3 Å². The van der Waals surface area contributed by atoms with Crippen molar-refractivity contribution in [2.24, 2.45) is 5.92 Å². The summed E-state index contributed by atoms with van der Waals surface area (Å²) in [5.41, 5.74) is 2.28. The summed E-state index contributed by atoms with van der Waals surface area (Å²) in [6, 6.07) is 5.94. The molecule has 2 atom stereocenters. The average Bonchev–Trinajstić information content (AvgIpc) is 2.99. The third-order valence-electron chi connectivity index (χ3n) is 3.12. The molecule has 18 heavy (non-hydrogen) atoms. The van der Waals surface area contributed by atoms with E-state index in [9.17, 15) is 10.1 Å². The van der Waals surface area contributed by atoms with E-state index in [1.165, 1.54) is 11.3 Å². The Bertz CT molecular complexity index is 638. The molecule has 2 aromatic heterocycles. The van der Waals surface area contributed by atoms with Crippen molar-refractivity contribution >= 4 is 22.9 Å². The van der Waals surface area contributed by atoms with E-state index in [1.807, 2.05) is 24.4 Å². The quantitative estimate of drug-likeness (QED) is 0.820. The average molecular weight is 258 g/mol. The molecule has 90 valence electrons. The topological polar surface area (TPSA) is 81.6 Å². The summed E-state index contributed by atoms with van der Waals surface area (Å²) < 4.78 is 0. The number of rotatable bonds is 1. The van der Waals surface area contributed by atoms with Crippen molar-refractivity contribution in [1.29, 1.82) is 5.26 Å². The molecular formula is C12H10N4OS. The fourth-order valence-electron chi connectivity index (χ4n) is 2.24. The van der Waals surface area contributed by atoms with Crippen LogP contribution < -0.4 is 5.32 Å². The molecule has 1 aliphatic rings. The minimum absolute atomic E-state index is 0.257. The Morgan fingerprint density at radius 1 is 1.56 bits per heavy atom. The van der Waals surface area contributed by atoms with E-state index in [-0.39, 0.29) is 11.8 Å². The van der Waals surface area contributed by atoms with E-state index < -0.39 is 5.92 Å². The van der Waals surface area contributed by atoms with Crippen LogP contribution in [0.5, 0.6) is 0 Å². The number of nitriles is 1. The number of fused-ring (bicyclic) bond motifs is 1. The molecular weight excluding hydrogens is 248 g/mol. The molecule has 3 rings (SSSR count). The van der Waals surface area contributed by atoms with Gasteiger partial charge in [0.05, 0.1) is 29.1 Å². The number of hydrogen-bond donors (Lipinski definition) is 2. The molecule has 0 saturated carbocycles. The van der Waals surface area contributed by atoms with Gasteiger partial charge in [0.25, 0.3) is 0 Å². The van der Waals surface area contributed by atoms with E-state index >= 15 is 0 Å². The number of aromatic amines is 1. The second kappa shape index (κ2) is 3.96. The van der Waals surface area contributed by atoms with Crippen molar-refractivity contribution in [3.63, 3.8) is 0 Å². The van der Waals surface area contributed by atoms with Gasteiger partial charge in [-0.25, -0.2) is 0 Å². The van der Waals surface area contributed by atoms with E-state index in [0.29, 0.717) is 5.69 Å². The Labute approximate surface area is 107 Å². The number of thiophene rings is 1. The van der Waals surface area contributed by atoms with Gasteiger partial charge in [0.15, 0.2) is 0 Å². The second-order valence-electron chi connectivity index (χ2n) is 4.20. The first kappa shape index (κ1) is 11.0. The summed E-state index contributed by atoms with van der Waals surface area (Å²) in [6.45, 7) is 1.85. The van der Waals surface area contributed by atoms with Crippen LogP contribution in [0.3, 0.4) is 0 Å². The summed E-state index contributed by atoms with van der Waals surface area (Å²) >= 11 is 1.54. The molecule has 3 heterocycles. The van der Waals surface area contributed by atoms with Gasteiger partial charge in [0, 0.05) is 4.88 Å². The molecule has 0 radical (unpaired) electrons. The monoisotopic (exact) mass is 258 g/mol. The third-order valence-corrected chi connectivity index (χ3v) is 4.08. The maximum Gasteiger partial charge on any atom is 0.242 e. The van der Waals surface area contributed by atoms with Crippen LogP contribution in [0.15, 0.2) is 17.5 Å². The Morgan fingerprint density at radius 3 is 3.06 bits per heavy atom. The van der Waals surface area contributed by atoms with Crippen LogP contribution in [0.25, 0.3) is 0 Å². The fourth-order valence-corrected chi connectivity index (χ4v) is 3.11. The van der Waals surface area contributed by atoms with Crippen LogP contribution in [0, 0.1) is 24.2 Å². The van der Waals surface area contributed by atoms with Gasteiger partial charge in [-0.2, -0.15) is 10.4 Å². The van der Waals surface area contributed by atoms with Crippen molar-refractivity contribution in [2.75, 3.05) is 5.32 Å². The lowest BCUT2D eigenvalue weighted by Crippen LogP contribution is -2.32. The zero-order chi connectivity index (χ0) is 12.7. The Balaban J connectivity index is 2.19. The molecule has 5 nitrogen and oxygen atoms in total. The summed E-state index contributed by atoms with van der Waals surface area (Å²) in [6.07, 6.45) is 0. The first-order valence-corrected chi connectivity index (χ1v) is 6.39. The summed E-state index contributed by atoms with van der Waals surface area (Å²) in [5, 5.41) is 21.0. The molecule has 0 fully saturated rings. The largest absolute Gasteiger partial charge is 0.322 e. The van der Waals surface area contributed by atoms with Gasteiger partial charge in [-0.3, -0.25) is 9.89 Å². The normalized spacial score (nSPS) is 22.1. The molecule has 0 saturated heterocycles. The van der Waals surface area contributed by atoms with Crippen LogP contribution in [0.4, 0.5) is 5.69 Å². The number of nitrogens with zero attached hydrogens (tertiary/aromatic N) is 2. The summed E-state index contributed by atoms with van der Waals surface area (Å²) in [4.78, 5) is 13.0. The zero-order valence-corrected chi connectivity index (χ0v) is 10.4. The van der Waals surface area contributed by atoms with Crippen molar-refractivity contribution in [1.82, 2.24) is 10.2 Å². The van der Waals surface area contributed by atoms with Crippen LogP contribution >= 0.6 is 11.3 Å². The predicted molar refractivity (Wildman–Crippen MR) is 67.2 cm³/mol. The minimum atomic E-state index is -0.723. The van der Waals surface area contributed by atoms with Crippen LogP contribution in [-0.2, 0) is 4.79 Å². The second-order valence-corrected chi connectivity index (χ2v) is 5.18. The highest BCUT2D eigenvalue weighted by molar-refractivity contribution is 7.10. The van der Waals surface area contributed by atoms with Gasteiger partial charge in [-0.15, -0.1) is 11.3 Å². The van der Waals surface area contributed by atoms with Gasteiger partial charge in [-0.1, -0.05) is 6.07 Å². The smallest absolute Gasteiger partial charge is 0.242 e. The highest BCUT2D eigenvalue weighted by Gasteiger charge is 2.40. The highest BCUT2D eigenvalue weighted by Crippen LogP contribution is 2.41. The molecule has 0 unspecified atom stereocenters. The maximum absolute atomic E-state index is 12.0. The van der Waals surface area contributed by atoms with Crippen LogP contribution in [0.2, 0.25) is 0 Å². The predicted octanol–water partition coefficient (Wildman–Crippen LogP) is 2.00. The van der Waals surface area contributed by atoms with Gasteiger partial charge in [0.2, 0.25) is 5.91 Å². The van der Waals surface area contributed by atoms with Crippen molar-refractivity contribution in [3.8, 4) is 6.07 Å². The molecule has 0 bridgehead atoms. The molecule has 0 spiro atoms. The highest BCUT2D eigenvalue weighted by atomic mass is 32.1. The Hall–Kier alpha value is -2.13. The molecule has 2 aromatic rings. The Morgan fingerprint density at radius 2 is 2.39 bits per heavy atom. The van der Waals surface area contributed by atoms with Gasteiger partial charge < -0.3 is 5.32 Å². The number of carbonyl (C=O) groups is 1.